The Morgan fingerprint density at radius 1 is 0.558 bits per heavy atom. The van der Waals surface area contributed by atoms with Crippen LogP contribution in [0.3, 0.4) is 0 Å². The second-order valence-corrected chi connectivity index (χ2v) is 22.5. The molecule has 86 heavy (non-hydrogen) atoms. The average Bonchev–Trinajstić information content (AvgIpc) is 1.72. The van der Waals surface area contributed by atoms with Crippen LogP contribution in [0.25, 0.3) is 0 Å². The lowest BCUT2D eigenvalue weighted by Crippen LogP contribution is -2.21. The number of carbonyl (C=O) groups is 2. The number of halogens is 6. The largest absolute Gasteiger partial charge is 0.698 e. The first-order valence-electron chi connectivity index (χ1n) is 28.3. The first-order chi connectivity index (χ1) is 41.2. The van der Waals surface area contributed by atoms with E-state index < -0.39 is 43.4 Å². The molecule has 2 saturated carbocycles. The van der Waals surface area contributed by atoms with E-state index in [1.165, 1.54) is 14.2 Å². The van der Waals surface area contributed by atoms with E-state index in [0.717, 1.165) is 73.6 Å². The van der Waals surface area contributed by atoms with Crippen molar-refractivity contribution in [1.29, 1.82) is 0 Å². The van der Waals surface area contributed by atoms with E-state index in [2.05, 4.69) is 41.2 Å². The van der Waals surface area contributed by atoms with E-state index in [0.29, 0.717) is 61.0 Å². The number of alkyl halides is 6. The van der Waals surface area contributed by atoms with Crippen molar-refractivity contribution in [2.75, 3.05) is 62.8 Å². The average molecular weight is 1220 g/mol. The number of hydrogen-bond donors (Lipinski definition) is 4. The number of anilines is 8. The summed E-state index contributed by atoms with van der Waals surface area (Å²) in [6.45, 7) is 5.41. The van der Waals surface area contributed by atoms with Crippen LogP contribution in [-0.2, 0) is 61.7 Å². The summed E-state index contributed by atoms with van der Waals surface area (Å²) in [5.74, 6) is -1.41. The van der Waals surface area contributed by atoms with Gasteiger partial charge in [0.15, 0.2) is 0 Å². The van der Waals surface area contributed by atoms with Crippen molar-refractivity contribution in [2.24, 2.45) is 0 Å². The maximum atomic E-state index is 14.5. The highest BCUT2D eigenvalue weighted by molar-refractivity contribution is 7.33. The number of aromatic nitrogens is 4. The highest BCUT2D eigenvalue weighted by Gasteiger charge is 2.40. The van der Waals surface area contributed by atoms with Crippen molar-refractivity contribution in [1.82, 2.24) is 29.7 Å². The number of amides is 2. The molecular formula is C60H66F6N10O9P+. The van der Waals surface area contributed by atoms with Crippen LogP contribution in [0, 0.1) is 0 Å². The third-order valence-electron chi connectivity index (χ3n) is 16.0. The first-order valence-corrected chi connectivity index (χ1v) is 29.4. The second-order valence-electron chi connectivity index (χ2n) is 21.5. The Labute approximate surface area is 493 Å². The molecule has 4 aliphatic rings. The van der Waals surface area contributed by atoms with Crippen LogP contribution >= 0.6 is 8.25 Å². The molecule has 0 spiro atoms. The highest BCUT2D eigenvalue weighted by Crippen LogP contribution is 2.46. The summed E-state index contributed by atoms with van der Waals surface area (Å²) in [4.78, 5) is 46.6. The molecule has 10 rings (SSSR count). The van der Waals surface area contributed by atoms with Gasteiger partial charge in [-0.15, -0.1) is 9.05 Å². The molecule has 0 saturated heterocycles. The smallest absolute Gasteiger partial charge is 0.495 e. The SMILES string of the molecule is CCOC1CCC(c2ccc(Nc3nc(Nc4ccc(CO[P+](=O)OCc5ccc(Nc6ncc(C(F)(F)F)c(Nc7ccc(C8CCC(OCC)CC8)c8c7C(=O)N(C)C8)n6)c(OC)c5)cc4OC)ncc3C(F)(F)F)c3c2CN(C)C3=O)CC1. The van der Waals surface area contributed by atoms with E-state index in [-0.39, 0.29) is 95.2 Å². The predicted octanol–water partition coefficient (Wildman–Crippen LogP) is 14.0. The predicted molar refractivity (Wildman–Crippen MR) is 308 cm³/mol. The monoisotopic (exact) mass is 1220 g/mol. The molecule has 2 fully saturated rings. The molecular weight excluding hydrogens is 1150 g/mol. The molecule has 456 valence electrons. The molecule has 0 bridgehead atoms. The normalized spacial score (nSPS) is 18.9. The van der Waals surface area contributed by atoms with Crippen molar-refractivity contribution in [3.63, 3.8) is 0 Å². The fourth-order valence-electron chi connectivity index (χ4n) is 11.8. The molecule has 4 N–H and O–H groups in total. The van der Waals surface area contributed by atoms with E-state index in [1.807, 2.05) is 26.0 Å². The standard InChI is InChI=1S/C60H65F6N10O9P/c1-7-82-37-15-11-35(12-16-37)39-19-23-47(51-41(39)29-75(3)55(51)77)69-53-43(59(61,62)63)27-67-57(73-53)71-45-21-9-33(25-49(45)80-5)31-84-86(79)85-32-34-10-22-46(50(26-34)81-6)72-58-68-28-44(60(64,65)66)54(74-58)70-48-24-20-40(42-30-76(4)56(78)52(42)48)36-13-17-38(18-14-36)83-8-2/h9-10,19-28,35-38H,7-8,11-18,29-32H2,1-6H3,(H3-,67,68,69,70,71,72,73,74,77,78)/p+1. The first kappa shape index (κ1) is 61.4. The van der Waals surface area contributed by atoms with Gasteiger partial charge in [0.25, 0.3) is 11.8 Å². The van der Waals surface area contributed by atoms with Crippen LogP contribution in [0.2, 0.25) is 0 Å². The molecule has 4 heterocycles. The van der Waals surface area contributed by atoms with E-state index in [9.17, 15) is 40.5 Å². The fourth-order valence-corrected chi connectivity index (χ4v) is 12.4. The fraction of sp³-hybridized carbons (Fsp3) is 0.433. The van der Waals surface area contributed by atoms with Crippen LogP contribution in [0.1, 0.15) is 142 Å². The van der Waals surface area contributed by atoms with Gasteiger partial charge in [0, 0.05) is 57.4 Å². The summed E-state index contributed by atoms with van der Waals surface area (Å²) >= 11 is 0. The van der Waals surface area contributed by atoms with Gasteiger partial charge in [-0.2, -0.15) is 36.3 Å². The molecule has 4 aromatic carbocycles. The summed E-state index contributed by atoms with van der Waals surface area (Å²) in [5, 5.41) is 11.5. The number of carbonyl (C=O) groups excluding carboxylic acids is 2. The number of fused-ring (bicyclic) bond motifs is 2. The van der Waals surface area contributed by atoms with Gasteiger partial charge >= 0.3 is 20.6 Å². The number of rotatable bonds is 22. The zero-order valence-corrected chi connectivity index (χ0v) is 49.1. The molecule has 26 heteroatoms. The Balaban J connectivity index is 0.772. The molecule has 0 radical (unpaired) electrons. The maximum absolute atomic E-state index is 14.5. The van der Waals surface area contributed by atoms with Crippen molar-refractivity contribution in [2.45, 2.75) is 128 Å². The third-order valence-corrected chi connectivity index (χ3v) is 16.7. The van der Waals surface area contributed by atoms with Gasteiger partial charge in [-0.1, -0.05) is 24.3 Å². The minimum atomic E-state index is -4.85. The maximum Gasteiger partial charge on any atom is 0.698 e. The Bertz CT molecular complexity index is 3280. The zero-order chi connectivity index (χ0) is 61.0. The molecule has 2 aromatic heterocycles. The van der Waals surface area contributed by atoms with Gasteiger partial charge in [-0.3, -0.25) is 9.59 Å². The summed E-state index contributed by atoms with van der Waals surface area (Å²) in [6, 6.07) is 16.5. The van der Waals surface area contributed by atoms with E-state index >= 15 is 0 Å². The van der Waals surface area contributed by atoms with Crippen LogP contribution in [-0.4, -0.2) is 95.3 Å². The molecule has 0 unspecified atom stereocenters. The number of hydrogen-bond acceptors (Lipinski definition) is 17. The Morgan fingerprint density at radius 3 is 1.30 bits per heavy atom. The van der Waals surface area contributed by atoms with Crippen LogP contribution in [0.5, 0.6) is 11.5 Å². The van der Waals surface area contributed by atoms with E-state index in [4.69, 9.17) is 28.0 Å². The topological polar surface area (TPSA) is 213 Å². The minimum Gasteiger partial charge on any atom is -0.495 e. The van der Waals surface area contributed by atoms with Crippen molar-refractivity contribution >= 4 is 66.4 Å². The minimum absolute atomic E-state index is 0.175. The van der Waals surface area contributed by atoms with E-state index in [1.54, 1.807) is 72.4 Å². The Kier molecular flexibility index (Phi) is 18.6. The number of nitrogens with zero attached hydrogens (tertiary/aromatic N) is 6. The quantitative estimate of drug-likeness (QED) is 0.0367. The number of methoxy groups -OCH3 is 2. The number of benzene rings is 4. The lowest BCUT2D eigenvalue weighted by Gasteiger charge is -2.30. The lowest BCUT2D eigenvalue weighted by atomic mass is 9.80. The third kappa shape index (κ3) is 13.6. The molecule has 6 aromatic rings. The van der Waals surface area contributed by atoms with Gasteiger partial charge in [0.1, 0.15) is 47.5 Å². The molecule has 19 nitrogen and oxygen atoms in total. The van der Waals surface area contributed by atoms with Crippen molar-refractivity contribution in [3.8, 4) is 11.5 Å². The summed E-state index contributed by atoms with van der Waals surface area (Å²) < 4.78 is 134. The zero-order valence-electron chi connectivity index (χ0n) is 48.2. The van der Waals surface area contributed by atoms with Gasteiger partial charge in [-0.05, 0) is 147 Å². The van der Waals surface area contributed by atoms with Crippen molar-refractivity contribution in [3.05, 3.63) is 129 Å². The second kappa shape index (κ2) is 26.1. The van der Waals surface area contributed by atoms with Gasteiger partial charge < -0.3 is 50.0 Å². The van der Waals surface area contributed by atoms with Crippen molar-refractivity contribution < 1.29 is 68.5 Å². The van der Waals surface area contributed by atoms with Gasteiger partial charge in [0.2, 0.25) is 11.9 Å². The van der Waals surface area contributed by atoms with Crippen LogP contribution in [0.4, 0.5) is 72.6 Å². The molecule has 0 atom stereocenters. The summed E-state index contributed by atoms with van der Waals surface area (Å²) in [5.41, 5.74) is 3.77. The van der Waals surface area contributed by atoms with Gasteiger partial charge in [-0.25, -0.2) is 9.97 Å². The number of ether oxygens (including phenoxy) is 4. The summed E-state index contributed by atoms with van der Waals surface area (Å²) in [6.07, 6.45) is -1.09. The number of nitrogens with one attached hydrogen (secondary N) is 4. The lowest BCUT2D eigenvalue weighted by molar-refractivity contribution is -0.138. The Morgan fingerprint density at radius 2 is 0.942 bits per heavy atom. The molecule has 2 aliphatic carbocycles. The van der Waals surface area contributed by atoms with Crippen LogP contribution < -0.4 is 30.7 Å². The van der Waals surface area contributed by atoms with Crippen LogP contribution in [0.15, 0.2) is 73.1 Å². The Hall–Kier alpha value is -7.70. The summed E-state index contributed by atoms with van der Waals surface area (Å²) in [7, 11) is 3.35. The van der Waals surface area contributed by atoms with Gasteiger partial charge in [0.05, 0.1) is 60.3 Å². The molecule has 2 amide bonds. The highest BCUT2D eigenvalue weighted by atomic mass is 31.1. The molecule has 2 aliphatic heterocycles.